The average molecular weight is 263 g/mol. The maximum absolute atomic E-state index is 11.6. The van der Waals surface area contributed by atoms with E-state index < -0.39 is 0 Å². The second-order valence-electron chi connectivity index (χ2n) is 4.98. The van der Waals surface area contributed by atoms with Crippen molar-refractivity contribution in [1.29, 1.82) is 0 Å². The van der Waals surface area contributed by atoms with Crippen LogP contribution in [0.25, 0.3) is 10.9 Å². The largest absolute Gasteiger partial charge is 0.357 e. The molecule has 0 bridgehead atoms. The van der Waals surface area contributed by atoms with Crippen LogP contribution in [0, 0.1) is 12.8 Å². The van der Waals surface area contributed by atoms with E-state index in [-0.39, 0.29) is 11.8 Å². The van der Waals surface area contributed by atoms with Gasteiger partial charge in [-0.2, -0.15) is 0 Å². The van der Waals surface area contributed by atoms with Gasteiger partial charge < -0.3 is 10.3 Å². The minimum absolute atomic E-state index is 0.169. The molecule has 3 nitrogen and oxygen atoms in total. The van der Waals surface area contributed by atoms with Crippen molar-refractivity contribution < 1.29 is 4.79 Å². The zero-order chi connectivity index (χ0) is 12.7. The fourth-order valence-corrected chi connectivity index (χ4v) is 2.26. The first-order chi connectivity index (χ1) is 8.63. The minimum Gasteiger partial charge on any atom is -0.357 e. The maximum atomic E-state index is 11.6. The number of H-pyrrole nitrogens is 1. The minimum atomic E-state index is 0.169. The Hall–Kier alpha value is -1.48. The number of benzene rings is 1. The molecule has 0 radical (unpaired) electrons. The number of nitrogens with one attached hydrogen (secondary N) is 2. The Balaban J connectivity index is 1.78. The van der Waals surface area contributed by atoms with Crippen molar-refractivity contribution in [2.75, 3.05) is 0 Å². The third-order valence-corrected chi connectivity index (χ3v) is 3.76. The van der Waals surface area contributed by atoms with Gasteiger partial charge in [-0.1, -0.05) is 11.6 Å². The summed E-state index contributed by atoms with van der Waals surface area (Å²) in [7, 11) is 0. The zero-order valence-corrected chi connectivity index (χ0v) is 11.0. The molecule has 1 amide bonds. The molecule has 0 aliphatic heterocycles. The van der Waals surface area contributed by atoms with Gasteiger partial charge in [0.05, 0.1) is 6.54 Å². The normalized spacial score (nSPS) is 15.0. The molecule has 1 aromatic carbocycles. The lowest BCUT2D eigenvalue weighted by Gasteiger charge is -2.01. The van der Waals surface area contributed by atoms with Gasteiger partial charge >= 0.3 is 0 Å². The topological polar surface area (TPSA) is 44.9 Å². The van der Waals surface area contributed by atoms with Crippen LogP contribution in [0.4, 0.5) is 0 Å². The third kappa shape index (κ3) is 2.23. The molecule has 0 unspecified atom stereocenters. The molecule has 0 spiro atoms. The Morgan fingerprint density at radius 2 is 2.22 bits per heavy atom. The molecule has 0 atom stereocenters. The lowest BCUT2D eigenvalue weighted by atomic mass is 10.2. The third-order valence-electron chi connectivity index (χ3n) is 3.36. The van der Waals surface area contributed by atoms with Crippen molar-refractivity contribution in [2.45, 2.75) is 26.3 Å². The SMILES string of the molecule is Cc1cc2[nH]c(CNC(=O)C3CC3)cc2cc1Cl. The summed E-state index contributed by atoms with van der Waals surface area (Å²) in [6.45, 7) is 2.54. The predicted octanol–water partition coefficient (Wildman–Crippen LogP) is 3.16. The van der Waals surface area contributed by atoms with Crippen LogP contribution in [0.5, 0.6) is 0 Å². The van der Waals surface area contributed by atoms with Gasteiger partial charge in [0.25, 0.3) is 0 Å². The first kappa shape index (κ1) is 11.6. The number of aromatic nitrogens is 1. The van der Waals surface area contributed by atoms with E-state index in [1.807, 2.05) is 25.1 Å². The Morgan fingerprint density at radius 1 is 1.44 bits per heavy atom. The van der Waals surface area contributed by atoms with Gasteiger partial charge in [0, 0.05) is 27.5 Å². The van der Waals surface area contributed by atoms with Crippen LogP contribution in [0.3, 0.4) is 0 Å². The number of hydrogen-bond donors (Lipinski definition) is 2. The van der Waals surface area contributed by atoms with E-state index in [1.165, 1.54) is 0 Å². The number of hydrogen-bond acceptors (Lipinski definition) is 1. The molecule has 18 heavy (non-hydrogen) atoms. The van der Waals surface area contributed by atoms with Crippen LogP contribution in [0.1, 0.15) is 24.1 Å². The molecule has 2 N–H and O–H groups in total. The van der Waals surface area contributed by atoms with E-state index in [2.05, 4.69) is 10.3 Å². The number of amides is 1. The van der Waals surface area contributed by atoms with Crippen molar-refractivity contribution in [3.8, 4) is 0 Å². The quantitative estimate of drug-likeness (QED) is 0.877. The summed E-state index contributed by atoms with van der Waals surface area (Å²) in [5.74, 6) is 0.425. The summed E-state index contributed by atoms with van der Waals surface area (Å²) >= 11 is 6.09. The van der Waals surface area contributed by atoms with Crippen LogP contribution in [-0.4, -0.2) is 10.9 Å². The van der Waals surface area contributed by atoms with Crippen LogP contribution in [-0.2, 0) is 11.3 Å². The second-order valence-corrected chi connectivity index (χ2v) is 5.38. The molecule has 0 saturated heterocycles. The molecule has 1 aliphatic carbocycles. The number of carbonyl (C=O) groups is 1. The molecular formula is C14H15ClN2O. The standard InChI is InChI=1S/C14H15ClN2O/c1-8-4-13-10(6-12(8)15)5-11(17-13)7-16-14(18)9-2-3-9/h4-6,9,17H,2-3,7H2,1H3,(H,16,18). The summed E-state index contributed by atoms with van der Waals surface area (Å²) < 4.78 is 0. The van der Waals surface area contributed by atoms with E-state index in [0.29, 0.717) is 6.54 Å². The molecule has 1 fully saturated rings. The van der Waals surface area contributed by atoms with Crippen molar-refractivity contribution >= 4 is 28.4 Å². The van der Waals surface area contributed by atoms with Gasteiger partial charge in [-0.05, 0) is 43.5 Å². The lowest BCUT2D eigenvalue weighted by Crippen LogP contribution is -2.24. The molecule has 4 heteroatoms. The van der Waals surface area contributed by atoms with E-state index in [9.17, 15) is 4.79 Å². The van der Waals surface area contributed by atoms with Crippen LogP contribution >= 0.6 is 11.6 Å². The van der Waals surface area contributed by atoms with Gasteiger partial charge in [-0.15, -0.1) is 0 Å². The summed E-state index contributed by atoms with van der Waals surface area (Å²) in [5.41, 5.74) is 3.13. The van der Waals surface area contributed by atoms with E-state index in [4.69, 9.17) is 11.6 Å². The molecule has 1 aliphatic rings. The predicted molar refractivity (Wildman–Crippen MR) is 72.6 cm³/mol. The molecule has 1 saturated carbocycles. The maximum Gasteiger partial charge on any atom is 0.223 e. The van der Waals surface area contributed by atoms with Crippen LogP contribution in [0.2, 0.25) is 5.02 Å². The zero-order valence-electron chi connectivity index (χ0n) is 10.2. The molecule has 2 aromatic rings. The highest BCUT2D eigenvalue weighted by Gasteiger charge is 2.29. The lowest BCUT2D eigenvalue weighted by molar-refractivity contribution is -0.122. The Morgan fingerprint density at radius 3 is 2.94 bits per heavy atom. The Bertz CT molecular complexity index is 575. The van der Waals surface area contributed by atoms with E-state index >= 15 is 0 Å². The summed E-state index contributed by atoms with van der Waals surface area (Å²) in [6.07, 6.45) is 2.07. The first-order valence-corrected chi connectivity index (χ1v) is 6.57. The van der Waals surface area contributed by atoms with Crippen molar-refractivity contribution in [1.82, 2.24) is 10.3 Å². The smallest absolute Gasteiger partial charge is 0.223 e. The Labute approximate surface area is 111 Å². The highest BCUT2D eigenvalue weighted by atomic mass is 35.5. The van der Waals surface area contributed by atoms with Gasteiger partial charge in [-0.25, -0.2) is 0 Å². The fourth-order valence-electron chi connectivity index (χ4n) is 2.09. The monoisotopic (exact) mass is 262 g/mol. The summed E-state index contributed by atoms with van der Waals surface area (Å²) in [4.78, 5) is 14.9. The average Bonchev–Trinajstić information content (AvgIpc) is 3.10. The van der Waals surface area contributed by atoms with Crippen molar-refractivity contribution in [3.63, 3.8) is 0 Å². The van der Waals surface area contributed by atoms with E-state index in [1.54, 1.807) is 0 Å². The summed E-state index contributed by atoms with van der Waals surface area (Å²) in [6, 6.07) is 6.02. The van der Waals surface area contributed by atoms with Crippen LogP contribution in [0.15, 0.2) is 18.2 Å². The molecule has 1 aromatic heterocycles. The number of fused-ring (bicyclic) bond motifs is 1. The number of rotatable bonds is 3. The van der Waals surface area contributed by atoms with Gasteiger partial charge in [0.1, 0.15) is 0 Å². The molecule has 1 heterocycles. The highest BCUT2D eigenvalue weighted by Crippen LogP contribution is 2.29. The van der Waals surface area contributed by atoms with Crippen molar-refractivity contribution in [3.05, 3.63) is 34.5 Å². The van der Waals surface area contributed by atoms with E-state index in [0.717, 1.165) is 40.0 Å². The fraction of sp³-hybridized carbons (Fsp3) is 0.357. The molecule has 94 valence electrons. The summed E-state index contributed by atoms with van der Waals surface area (Å²) in [5, 5.41) is 4.81. The van der Waals surface area contributed by atoms with Crippen molar-refractivity contribution in [2.24, 2.45) is 5.92 Å². The number of carbonyl (C=O) groups excluding carboxylic acids is 1. The van der Waals surface area contributed by atoms with Crippen LogP contribution < -0.4 is 5.32 Å². The van der Waals surface area contributed by atoms with Gasteiger partial charge in [0.15, 0.2) is 0 Å². The highest BCUT2D eigenvalue weighted by molar-refractivity contribution is 6.32. The first-order valence-electron chi connectivity index (χ1n) is 6.19. The van der Waals surface area contributed by atoms with Gasteiger partial charge in [0.2, 0.25) is 5.91 Å². The Kier molecular flexibility index (Phi) is 2.78. The second kappa shape index (κ2) is 4.32. The number of aromatic amines is 1. The molecule has 3 rings (SSSR count). The molecular weight excluding hydrogens is 248 g/mol. The van der Waals surface area contributed by atoms with Gasteiger partial charge in [-0.3, -0.25) is 4.79 Å². The number of aryl methyl sites for hydroxylation is 1. The number of halogens is 1.